The maximum Gasteiger partial charge on any atom is 0.255 e. The molecule has 0 saturated heterocycles. The van der Waals surface area contributed by atoms with Crippen LogP contribution in [0.3, 0.4) is 0 Å². The van der Waals surface area contributed by atoms with Gasteiger partial charge in [0, 0.05) is 16.7 Å². The Morgan fingerprint density at radius 2 is 1.79 bits per heavy atom. The van der Waals surface area contributed by atoms with Crippen molar-refractivity contribution in [3.63, 3.8) is 0 Å². The van der Waals surface area contributed by atoms with E-state index in [1.165, 1.54) is 6.07 Å². The van der Waals surface area contributed by atoms with Crippen LogP contribution >= 0.6 is 11.6 Å². The Morgan fingerprint density at radius 1 is 1.03 bits per heavy atom. The number of hydrogen-bond donors (Lipinski definition) is 1. The number of halogens is 3. The van der Waals surface area contributed by atoms with Crippen LogP contribution in [-0.2, 0) is 13.2 Å². The monoisotopic (exact) mass is 481 g/mol. The molecule has 0 spiro atoms. The number of amides is 1. The molecule has 0 bridgehead atoms. The van der Waals surface area contributed by atoms with E-state index >= 15 is 0 Å². The van der Waals surface area contributed by atoms with Crippen LogP contribution in [0, 0.1) is 25.5 Å². The Bertz CT molecular complexity index is 1350. The number of anilines is 1. The molecule has 174 valence electrons. The van der Waals surface area contributed by atoms with Gasteiger partial charge in [0.2, 0.25) is 0 Å². The topological polar surface area (TPSA) is 56.2 Å². The van der Waals surface area contributed by atoms with Gasteiger partial charge in [-0.2, -0.15) is 5.10 Å². The predicted octanol–water partition coefficient (Wildman–Crippen LogP) is 6.31. The standard InChI is InChI=1S/C26H22ClF2N3O2/c1-16-25(17(2)32(31-16)14-18-5-4-8-21(27)12-18)30-26(33)20-7-3-6-19(11-20)15-34-24-10-9-22(28)13-23(24)29/h3-13H,14-15H2,1-2H3,(H,30,33). The average molecular weight is 482 g/mol. The summed E-state index contributed by atoms with van der Waals surface area (Å²) in [6.45, 7) is 4.27. The zero-order valence-electron chi connectivity index (χ0n) is 18.6. The second-order valence-electron chi connectivity index (χ2n) is 7.85. The second-order valence-corrected chi connectivity index (χ2v) is 8.29. The van der Waals surface area contributed by atoms with Gasteiger partial charge in [-0.25, -0.2) is 8.78 Å². The Morgan fingerprint density at radius 3 is 2.56 bits per heavy atom. The number of benzene rings is 3. The molecular formula is C26H22ClF2N3O2. The number of carbonyl (C=O) groups excluding carboxylic acids is 1. The minimum atomic E-state index is -0.783. The van der Waals surface area contributed by atoms with Gasteiger partial charge < -0.3 is 10.1 Å². The first-order chi connectivity index (χ1) is 16.3. The van der Waals surface area contributed by atoms with Crippen molar-refractivity contribution in [1.29, 1.82) is 0 Å². The minimum Gasteiger partial charge on any atom is -0.486 e. The lowest BCUT2D eigenvalue weighted by Gasteiger charge is -2.10. The summed E-state index contributed by atoms with van der Waals surface area (Å²) >= 11 is 6.08. The van der Waals surface area contributed by atoms with Crippen LogP contribution in [0.5, 0.6) is 5.75 Å². The van der Waals surface area contributed by atoms with Gasteiger partial charge in [-0.05, 0) is 61.4 Å². The second kappa shape index (κ2) is 10.1. The number of aryl methyl sites for hydroxylation is 1. The molecule has 5 nitrogen and oxygen atoms in total. The number of nitrogens with one attached hydrogen (secondary N) is 1. The lowest BCUT2D eigenvalue weighted by atomic mass is 10.1. The van der Waals surface area contributed by atoms with Gasteiger partial charge in [0.1, 0.15) is 12.4 Å². The Kier molecular flexibility index (Phi) is 6.93. The maximum absolute atomic E-state index is 13.8. The van der Waals surface area contributed by atoms with E-state index in [-0.39, 0.29) is 18.3 Å². The van der Waals surface area contributed by atoms with Crippen LogP contribution in [0.15, 0.2) is 66.7 Å². The molecule has 0 aliphatic heterocycles. The van der Waals surface area contributed by atoms with Gasteiger partial charge in [0.25, 0.3) is 5.91 Å². The van der Waals surface area contributed by atoms with E-state index in [2.05, 4.69) is 10.4 Å². The summed E-state index contributed by atoms with van der Waals surface area (Å²) < 4.78 is 34.1. The van der Waals surface area contributed by atoms with Gasteiger partial charge in [-0.1, -0.05) is 35.9 Å². The van der Waals surface area contributed by atoms with Crippen LogP contribution in [-0.4, -0.2) is 15.7 Å². The summed E-state index contributed by atoms with van der Waals surface area (Å²) in [5.41, 5.74) is 4.24. The molecule has 1 aromatic heterocycles. The van der Waals surface area contributed by atoms with Crippen molar-refractivity contribution in [1.82, 2.24) is 9.78 Å². The van der Waals surface area contributed by atoms with Crippen LogP contribution in [0.25, 0.3) is 0 Å². The summed E-state index contributed by atoms with van der Waals surface area (Å²) in [6, 6.07) is 17.5. The molecule has 4 aromatic rings. The highest BCUT2D eigenvalue weighted by molar-refractivity contribution is 6.30. The molecule has 0 saturated carbocycles. The number of carbonyl (C=O) groups is 1. The number of rotatable bonds is 7. The maximum atomic E-state index is 13.8. The lowest BCUT2D eigenvalue weighted by Crippen LogP contribution is -2.14. The van der Waals surface area contributed by atoms with E-state index in [0.29, 0.717) is 34.1 Å². The van der Waals surface area contributed by atoms with Gasteiger partial charge in [0.05, 0.1) is 23.6 Å². The molecule has 1 N–H and O–H groups in total. The van der Waals surface area contributed by atoms with Gasteiger partial charge in [-0.3, -0.25) is 9.48 Å². The highest BCUT2D eigenvalue weighted by atomic mass is 35.5. The molecule has 8 heteroatoms. The zero-order chi connectivity index (χ0) is 24.2. The summed E-state index contributed by atoms with van der Waals surface area (Å²) in [5, 5.41) is 8.14. The van der Waals surface area contributed by atoms with Crippen LogP contribution in [0.1, 0.15) is 32.9 Å². The van der Waals surface area contributed by atoms with E-state index in [4.69, 9.17) is 16.3 Å². The van der Waals surface area contributed by atoms with E-state index in [1.807, 2.05) is 42.8 Å². The molecule has 1 heterocycles. The molecule has 0 aliphatic carbocycles. The zero-order valence-corrected chi connectivity index (χ0v) is 19.4. The molecule has 3 aromatic carbocycles. The van der Waals surface area contributed by atoms with Crippen molar-refractivity contribution in [3.8, 4) is 5.75 Å². The molecule has 1 amide bonds. The SMILES string of the molecule is Cc1nn(Cc2cccc(Cl)c2)c(C)c1NC(=O)c1cccc(COc2ccc(F)cc2F)c1. The Balaban J connectivity index is 1.46. The van der Waals surface area contributed by atoms with Crippen LogP contribution in [0.4, 0.5) is 14.5 Å². The van der Waals surface area contributed by atoms with Crippen molar-refractivity contribution in [2.75, 3.05) is 5.32 Å². The lowest BCUT2D eigenvalue weighted by molar-refractivity contribution is 0.102. The summed E-state index contributed by atoms with van der Waals surface area (Å²) in [5.74, 6) is -1.82. The van der Waals surface area contributed by atoms with Gasteiger partial charge in [-0.15, -0.1) is 0 Å². The van der Waals surface area contributed by atoms with Gasteiger partial charge >= 0.3 is 0 Å². The third kappa shape index (κ3) is 5.43. The first-order valence-corrected chi connectivity index (χ1v) is 10.9. The molecule has 0 aliphatic rings. The molecule has 4 rings (SSSR count). The van der Waals surface area contributed by atoms with E-state index < -0.39 is 11.6 Å². The molecule has 0 fully saturated rings. The van der Waals surface area contributed by atoms with Crippen molar-refractivity contribution in [2.24, 2.45) is 0 Å². The van der Waals surface area contributed by atoms with Crippen molar-refractivity contribution < 1.29 is 18.3 Å². The largest absolute Gasteiger partial charge is 0.486 e. The molecule has 34 heavy (non-hydrogen) atoms. The highest BCUT2D eigenvalue weighted by Crippen LogP contribution is 2.23. The smallest absolute Gasteiger partial charge is 0.255 e. The normalized spacial score (nSPS) is 10.9. The van der Waals surface area contributed by atoms with Gasteiger partial charge in [0.15, 0.2) is 11.6 Å². The first kappa shape index (κ1) is 23.4. The van der Waals surface area contributed by atoms with E-state index in [9.17, 15) is 13.6 Å². The summed E-state index contributed by atoms with van der Waals surface area (Å²) in [6.07, 6.45) is 0. The highest BCUT2D eigenvalue weighted by Gasteiger charge is 2.16. The summed E-state index contributed by atoms with van der Waals surface area (Å²) in [7, 11) is 0. The van der Waals surface area contributed by atoms with Crippen LogP contribution in [0.2, 0.25) is 5.02 Å². The van der Waals surface area contributed by atoms with E-state index in [0.717, 1.165) is 23.4 Å². The average Bonchev–Trinajstić information content (AvgIpc) is 3.06. The molecular weight excluding hydrogens is 460 g/mol. The number of aromatic nitrogens is 2. The summed E-state index contributed by atoms with van der Waals surface area (Å²) in [4.78, 5) is 12.9. The molecule has 0 unspecified atom stereocenters. The number of ether oxygens (including phenoxy) is 1. The van der Waals surface area contributed by atoms with Crippen molar-refractivity contribution in [2.45, 2.75) is 27.0 Å². The molecule has 0 radical (unpaired) electrons. The molecule has 0 atom stereocenters. The first-order valence-electron chi connectivity index (χ1n) is 10.6. The Hall–Kier alpha value is -3.71. The fourth-order valence-electron chi connectivity index (χ4n) is 3.58. The number of nitrogens with zero attached hydrogens (tertiary/aromatic N) is 2. The fraction of sp³-hybridized carbons (Fsp3) is 0.154. The fourth-order valence-corrected chi connectivity index (χ4v) is 3.79. The van der Waals surface area contributed by atoms with Crippen molar-refractivity contribution in [3.05, 3.63) is 111 Å². The quantitative estimate of drug-likeness (QED) is 0.336. The number of hydrogen-bond acceptors (Lipinski definition) is 3. The predicted molar refractivity (Wildman–Crippen MR) is 127 cm³/mol. The van der Waals surface area contributed by atoms with Crippen molar-refractivity contribution >= 4 is 23.2 Å². The Labute approximate surface area is 200 Å². The third-order valence-electron chi connectivity index (χ3n) is 5.32. The minimum absolute atomic E-state index is 0.0271. The third-order valence-corrected chi connectivity index (χ3v) is 5.55. The van der Waals surface area contributed by atoms with E-state index in [1.54, 1.807) is 24.3 Å². The van der Waals surface area contributed by atoms with Crippen LogP contribution < -0.4 is 10.1 Å².